The molecular formula is C36H26. The molecule has 0 unspecified atom stereocenters. The fourth-order valence-corrected chi connectivity index (χ4v) is 4.77. The van der Waals surface area contributed by atoms with Gasteiger partial charge in [-0.05, 0) is 79.9 Å². The largest absolute Gasteiger partial charge is 0.0622 e. The molecule has 170 valence electrons. The van der Waals surface area contributed by atoms with Gasteiger partial charge in [0, 0.05) is 0 Å². The maximum atomic E-state index is 2.30. The fraction of sp³-hybridized carbons (Fsp3) is 0. The van der Waals surface area contributed by atoms with Crippen molar-refractivity contribution in [3.63, 3.8) is 0 Å². The van der Waals surface area contributed by atoms with Crippen molar-refractivity contribution in [1.29, 1.82) is 0 Å². The maximum absolute atomic E-state index is 2.30. The summed E-state index contributed by atoms with van der Waals surface area (Å²) in [6.07, 6.45) is 0. The smallest absolute Gasteiger partial charge is 0.0178 e. The molecule has 0 atom stereocenters. The van der Waals surface area contributed by atoms with Crippen LogP contribution in [0.25, 0.3) is 55.6 Å². The number of benzene rings is 6. The summed E-state index contributed by atoms with van der Waals surface area (Å²) >= 11 is 0. The molecule has 6 aromatic rings. The van der Waals surface area contributed by atoms with Crippen molar-refractivity contribution in [2.45, 2.75) is 0 Å². The van der Waals surface area contributed by atoms with Gasteiger partial charge in [-0.2, -0.15) is 0 Å². The molecule has 0 heteroatoms. The molecule has 0 spiro atoms. The molecule has 0 radical (unpaired) electrons. The molecule has 6 aromatic carbocycles. The quantitative estimate of drug-likeness (QED) is 0.241. The lowest BCUT2D eigenvalue weighted by Gasteiger charge is -2.10. The molecule has 0 bridgehead atoms. The number of hydrogen-bond donors (Lipinski definition) is 0. The molecule has 6 rings (SSSR count). The van der Waals surface area contributed by atoms with Gasteiger partial charge in [0.15, 0.2) is 0 Å². The third-order valence-electron chi connectivity index (χ3n) is 6.66. The van der Waals surface area contributed by atoms with Crippen molar-refractivity contribution in [1.82, 2.24) is 0 Å². The van der Waals surface area contributed by atoms with E-state index in [9.17, 15) is 0 Å². The van der Waals surface area contributed by atoms with Crippen LogP contribution in [0.3, 0.4) is 0 Å². The van der Waals surface area contributed by atoms with Gasteiger partial charge in [-0.15, -0.1) is 0 Å². The highest BCUT2D eigenvalue weighted by Gasteiger charge is 2.07. The predicted octanol–water partition coefficient (Wildman–Crippen LogP) is 10.0. The molecule has 0 aliphatic rings. The summed E-state index contributed by atoms with van der Waals surface area (Å²) < 4.78 is 0. The Morgan fingerprint density at radius 2 is 0.361 bits per heavy atom. The Morgan fingerprint density at radius 3 is 0.611 bits per heavy atom. The van der Waals surface area contributed by atoms with Crippen LogP contribution in [0.5, 0.6) is 0 Å². The first-order valence-corrected chi connectivity index (χ1v) is 12.4. The first-order chi connectivity index (χ1) is 17.8. The van der Waals surface area contributed by atoms with Crippen molar-refractivity contribution >= 4 is 0 Å². The minimum absolute atomic E-state index is 1.22. The second-order valence-corrected chi connectivity index (χ2v) is 9.06. The Hall–Kier alpha value is -4.68. The molecule has 0 amide bonds. The zero-order valence-electron chi connectivity index (χ0n) is 20.0. The Bertz CT molecular complexity index is 1490. The highest BCUT2D eigenvalue weighted by atomic mass is 14.1. The predicted molar refractivity (Wildman–Crippen MR) is 154 cm³/mol. The summed E-state index contributed by atoms with van der Waals surface area (Å²) in [7, 11) is 0. The van der Waals surface area contributed by atoms with Gasteiger partial charge in [0.25, 0.3) is 0 Å². The molecule has 0 aromatic heterocycles. The van der Waals surface area contributed by atoms with E-state index in [4.69, 9.17) is 0 Å². The van der Waals surface area contributed by atoms with E-state index in [1.807, 2.05) is 0 Å². The SMILES string of the molecule is c1ccc(-c2cccc(-c3cccc(-c4cccc(-c5cccc(-c6ccccc6)c5)c4)c3)c2)cc1. The summed E-state index contributed by atoms with van der Waals surface area (Å²) in [6, 6.07) is 56.4. The van der Waals surface area contributed by atoms with Crippen LogP contribution in [0.15, 0.2) is 158 Å². The topological polar surface area (TPSA) is 0 Å². The van der Waals surface area contributed by atoms with E-state index in [1.54, 1.807) is 0 Å². The second kappa shape index (κ2) is 9.90. The van der Waals surface area contributed by atoms with E-state index >= 15 is 0 Å². The van der Waals surface area contributed by atoms with E-state index in [1.165, 1.54) is 55.6 Å². The molecule has 0 N–H and O–H groups in total. The third-order valence-corrected chi connectivity index (χ3v) is 6.66. The fourth-order valence-electron chi connectivity index (χ4n) is 4.77. The van der Waals surface area contributed by atoms with Crippen LogP contribution in [-0.2, 0) is 0 Å². The molecule has 0 heterocycles. The van der Waals surface area contributed by atoms with E-state index in [-0.39, 0.29) is 0 Å². The van der Waals surface area contributed by atoms with E-state index in [0.29, 0.717) is 0 Å². The second-order valence-electron chi connectivity index (χ2n) is 9.06. The monoisotopic (exact) mass is 458 g/mol. The van der Waals surface area contributed by atoms with Crippen LogP contribution < -0.4 is 0 Å². The van der Waals surface area contributed by atoms with Gasteiger partial charge in [0.05, 0.1) is 0 Å². The van der Waals surface area contributed by atoms with Crippen LogP contribution in [0, 0.1) is 0 Å². The maximum Gasteiger partial charge on any atom is -0.0178 e. The van der Waals surface area contributed by atoms with Gasteiger partial charge in [-0.1, -0.05) is 133 Å². The first kappa shape index (κ1) is 21.8. The highest BCUT2D eigenvalue weighted by Crippen LogP contribution is 2.32. The van der Waals surface area contributed by atoms with Crippen molar-refractivity contribution in [2.75, 3.05) is 0 Å². The van der Waals surface area contributed by atoms with Crippen molar-refractivity contribution < 1.29 is 0 Å². The lowest BCUT2D eigenvalue weighted by atomic mass is 9.94. The summed E-state index contributed by atoms with van der Waals surface area (Å²) in [5.41, 5.74) is 12.3. The minimum atomic E-state index is 1.22. The standard InChI is InChI=1S/C36H26/c1-3-11-27(12-4-1)29-15-7-17-31(23-29)33-19-9-21-35(25-33)36-22-10-20-34(26-36)32-18-8-16-30(24-32)28-13-5-2-6-14-28/h1-26H. The van der Waals surface area contributed by atoms with Crippen molar-refractivity contribution in [3.05, 3.63) is 158 Å². The first-order valence-electron chi connectivity index (χ1n) is 12.4. The Morgan fingerprint density at radius 1 is 0.167 bits per heavy atom. The lowest BCUT2D eigenvalue weighted by molar-refractivity contribution is 1.56. The Kier molecular flexibility index (Phi) is 6.00. The van der Waals surface area contributed by atoms with Gasteiger partial charge >= 0.3 is 0 Å². The molecule has 36 heavy (non-hydrogen) atoms. The summed E-state index contributed by atoms with van der Waals surface area (Å²) in [4.78, 5) is 0. The Balaban J connectivity index is 1.34. The normalized spacial score (nSPS) is 10.8. The summed E-state index contributed by atoms with van der Waals surface area (Å²) in [5.74, 6) is 0. The molecule has 0 nitrogen and oxygen atoms in total. The third kappa shape index (κ3) is 4.62. The zero-order chi connectivity index (χ0) is 24.2. The molecular weight excluding hydrogens is 432 g/mol. The lowest BCUT2D eigenvalue weighted by Crippen LogP contribution is -1.85. The highest BCUT2D eigenvalue weighted by molar-refractivity contribution is 5.80. The van der Waals surface area contributed by atoms with Gasteiger partial charge in [0.2, 0.25) is 0 Å². The van der Waals surface area contributed by atoms with Crippen molar-refractivity contribution in [2.24, 2.45) is 0 Å². The molecule has 0 saturated heterocycles. The number of rotatable bonds is 5. The van der Waals surface area contributed by atoms with Gasteiger partial charge in [-0.3, -0.25) is 0 Å². The van der Waals surface area contributed by atoms with E-state index < -0.39 is 0 Å². The number of hydrogen-bond acceptors (Lipinski definition) is 0. The van der Waals surface area contributed by atoms with Gasteiger partial charge in [0.1, 0.15) is 0 Å². The summed E-state index contributed by atoms with van der Waals surface area (Å²) in [6.45, 7) is 0. The van der Waals surface area contributed by atoms with Crippen molar-refractivity contribution in [3.8, 4) is 55.6 Å². The van der Waals surface area contributed by atoms with E-state index in [2.05, 4.69) is 158 Å². The Labute approximate surface area is 213 Å². The molecule has 0 fully saturated rings. The molecule has 0 saturated carbocycles. The van der Waals surface area contributed by atoms with Gasteiger partial charge in [-0.25, -0.2) is 0 Å². The average molecular weight is 459 g/mol. The van der Waals surface area contributed by atoms with Crippen LogP contribution >= 0.6 is 0 Å². The molecule has 0 aliphatic heterocycles. The van der Waals surface area contributed by atoms with Crippen LogP contribution in [0.4, 0.5) is 0 Å². The van der Waals surface area contributed by atoms with Crippen LogP contribution in [0.1, 0.15) is 0 Å². The minimum Gasteiger partial charge on any atom is -0.0622 e. The van der Waals surface area contributed by atoms with Crippen LogP contribution in [-0.4, -0.2) is 0 Å². The molecule has 0 aliphatic carbocycles. The summed E-state index contributed by atoms with van der Waals surface area (Å²) in [5, 5.41) is 0. The average Bonchev–Trinajstić information content (AvgIpc) is 2.98. The van der Waals surface area contributed by atoms with Gasteiger partial charge < -0.3 is 0 Å². The van der Waals surface area contributed by atoms with Crippen LogP contribution in [0.2, 0.25) is 0 Å². The zero-order valence-corrected chi connectivity index (χ0v) is 20.0. The van der Waals surface area contributed by atoms with E-state index in [0.717, 1.165) is 0 Å².